The molecule has 0 N–H and O–H groups in total. The predicted molar refractivity (Wildman–Crippen MR) is 103 cm³/mol. The van der Waals surface area contributed by atoms with Gasteiger partial charge in [0.1, 0.15) is 6.04 Å². The van der Waals surface area contributed by atoms with Gasteiger partial charge in [0.2, 0.25) is 0 Å². The summed E-state index contributed by atoms with van der Waals surface area (Å²) >= 11 is 0. The molecule has 2 aromatic rings. The van der Waals surface area contributed by atoms with Crippen molar-refractivity contribution < 1.29 is 14.3 Å². The van der Waals surface area contributed by atoms with Crippen molar-refractivity contribution in [1.29, 1.82) is 0 Å². The van der Waals surface area contributed by atoms with Crippen molar-refractivity contribution in [3.8, 4) is 0 Å². The van der Waals surface area contributed by atoms with E-state index in [1.54, 1.807) is 6.92 Å². The normalized spacial score (nSPS) is 25.0. The summed E-state index contributed by atoms with van der Waals surface area (Å²) in [6.45, 7) is 4.57. The summed E-state index contributed by atoms with van der Waals surface area (Å²) < 4.78 is 10.9. The number of hydrogen-bond donors (Lipinski definition) is 0. The Labute approximate surface area is 164 Å². The minimum Gasteiger partial charge on any atom is -0.448 e. The minimum absolute atomic E-state index is 0.273. The highest BCUT2D eigenvalue weighted by Crippen LogP contribution is 2.50. The molecule has 2 heterocycles. The highest BCUT2D eigenvalue weighted by atomic mass is 16.6. The minimum atomic E-state index is -0.904. The maximum Gasteiger partial charge on any atom is 0.434 e. The number of benzene rings is 2. The van der Waals surface area contributed by atoms with Crippen molar-refractivity contribution in [3.63, 3.8) is 0 Å². The lowest BCUT2D eigenvalue weighted by atomic mass is 9.85. The molecule has 0 unspecified atom stereocenters. The van der Waals surface area contributed by atoms with Crippen LogP contribution in [0.15, 0.2) is 71.0 Å². The molecule has 4 rings (SSSR count). The Kier molecular flexibility index (Phi) is 5.36. The van der Waals surface area contributed by atoms with Gasteiger partial charge in [-0.1, -0.05) is 65.9 Å². The van der Waals surface area contributed by atoms with Crippen molar-refractivity contribution in [2.75, 3.05) is 32.9 Å². The molecule has 7 nitrogen and oxygen atoms in total. The summed E-state index contributed by atoms with van der Waals surface area (Å²) in [7, 11) is 0. The van der Waals surface area contributed by atoms with Crippen molar-refractivity contribution in [3.05, 3.63) is 71.8 Å². The second-order valence-corrected chi connectivity index (χ2v) is 6.72. The fourth-order valence-electron chi connectivity index (χ4n) is 4.02. The standard InChI is InChI=1S/C21H24N4O3/c1-2-28-20(26)25-21(18-11-7-4-8-12-18,24-13-15-27-16-14-24)19(22-23-25)17-9-5-3-6-10-17/h3-12,19H,2,13-16H2,1H3/t19-,21+/m1/s1. The second kappa shape index (κ2) is 8.08. The van der Waals surface area contributed by atoms with Crippen LogP contribution in [-0.4, -0.2) is 48.9 Å². The van der Waals surface area contributed by atoms with Crippen LogP contribution in [0.4, 0.5) is 4.79 Å². The summed E-state index contributed by atoms with van der Waals surface area (Å²) in [6.07, 6.45) is -0.500. The van der Waals surface area contributed by atoms with E-state index in [-0.39, 0.29) is 12.6 Å². The van der Waals surface area contributed by atoms with Crippen molar-refractivity contribution in [2.45, 2.75) is 18.6 Å². The van der Waals surface area contributed by atoms with Gasteiger partial charge in [0.15, 0.2) is 5.66 Å². The third-order valence-corrected chi connectivity index (χ3v) is 5.21. The second-order valence-electron chi connectivity index (χ2n) is 6.72. The molecule has 146 valence electrons. The third-order valence-electron chi connectivity index (χ3n) is 5.21. The first-order chi connectivity index (χ1) is 13.8. The zero-order valence-electron chi connectivity index (χ0n) is 15.9. The Bertz CT molecular complexity index is 824. The number of carbonyl (C=O) groups is 1. The Morgan fingerprint density at radius 1 is 1.11 bits per heavy atom. The molecule has 0 aliphatic carbocycles. The van der Waals surface area contributed by atoms with E-state index >= 15 is 0 Å². The van der Waals surface area contributed by atoms with Gasteiger partial charge in [-0.3, -0.25) is 4.90 Å². The van der Waals surface area contributed by atoms with Crippen LogP contribution in [-0.2, 0) is 15.1 Å². The fourth-order valence-corrected chi connectivity index (χ4v) is 4.02. The molecule has 0 radical (unpaired) electrons. The molecule has 0 spiro atoms. The Morgan fingerprint density at radius 3 is 2.39 bits per heavy atom. The molecule has 2 aromatic carbocycles. The largest absolute Gasteiger partial charge is 0.448 e. The average Bonchev–Trinajstić information content (AvgIpc) is 3.17. The molecular formula is C21H24N4O3. The van der Waals surface area contributed by atoms with Crippen LogP contribution in [0.2, 0.25) is 0 Å². The molecule has 0 saturated carbocycles. The average molecular weight is 380 g/mol. The molecule has 1 saturated heterocycles. The van der Waals surface area contributed by atoms with Crippen molar-refractivity contribution in [2.24, 2.45) is 10.3 Å². The molecule has 1 fully saturated rings. The number of nitrogens with zero attached hydrogens (tertiary/aromatic N) is 4. The van der Waals surface area contributed by atoms with Gasteiger partial charge in [0.05, 0.1) is 19.8 Å². The van der Waals surface area contributed by atoms with Crippen LogP contribution in [0.25, 0.3) is 0 Å². The van der Waals surface area contributed by atoms with Crippen LogP contribution < -0.4 is 0 Å². The molecule has 2 atom stereocenters. The molecule has 0 aromatic heterocycles. The van der Waals surface area contributed by atoms with E-state index in [1.807, 2.05) is 60.7 Å². The summed E-state index contributed by atoms with van der Waals surface area (Å²) in [5.74, 6) is 0. The summed E-state index contributed by atoms with van der Waals surface area (Å²) in [5.41, 5.74) is 1.04. The molecule has 0 bridgehead atoms. The zero-order chi connectivity index (χ0) is 19.4. The first kappa shape index (κ1) is 18.6. The Morgan fingerprint density at radius 2 is 1.75 bits per heavy atom. The third kappa shape index (κ3) is 3.06. The van der Waals surface area contributed by atoms with Crippen LogP contribution >= 0.6 is 0 Å². The quantitative estimate of drug-likeness (QED) is 0.810. The SMILES string of the molecule is CCOC(=O)N1N=N[C@H](c2ccccc2)[C@@]1(c1ccccc1)N1CCOCC1. The lowest BCUT2D eigenvalue weighted by Gasteiger charge is -2.48. The van der Waals surface area contributed by atoms with E-state index in [0.29, 0.717) is 26.3 Å². The van der Waals surface area contributed by atoms with Gasteiger partial charge < -0.3 is 9.47 Å². The van der Waals surface area contributed by atoms with E-state index in [9.17, 15) is 4.79 Å². The van der Waals surface area contributed by atoms with Gasteiger partial charge in [0.25, 0.3) is 0 Å². The van der Waals surface area contributed by atoms with E-state index in [2.05, 4.69) is 15.2 Å². The number of morpholine rings is 1. The fraction of sp³-hybridized carbons (Fsp3) is 0.381. The first-order valence-electron chi connectivity index (χ1n) is 9.59. The lowest BCUT2D eigenvalue weighted by molar-refractivity contribution is -0.0965. The van der Waals surface area contributed by atoms with Gasteiger partial charge >= 0.3 is 6.09 Å². The van der Waals surface area contributed by atoms with E-state index < -0.39 is 11.8 Å². The van der Waals surface area contributed by atoms with E-state index in [0.717, 1.165) is 11.1 Å². The molecule has 28 heavy (non-hydrogen) atoms. The van der Waals surface area contributed by atoms with Crippen LogP contribution in [0.5, 0.6) is 0 Å². The van der Waals surface area contributed by atoms with Gasteiger partial charge in [-0.05, 0) is 18.1 Å². The zero-order valence-corrected chi connectivity index (χ0v) is 15.9. The van der Waals surface area contributed by atoms with E-state index in [1.165, 1.54) is 5.01 Å². The van der Waals surface area contributed by atoms with Gasteiger partial charge in [0, 0.05) is 13.1 Å². The van der Waals surface area contributed by atoms with Crippen LogP contribution in [0, 0.1) is 0 Å². The highest BCUT2D eigenvalue weighted by Gasteiger charge is 2.58. The van der Waals surface area contributed by atoms with Crippen molar-refractivity contribution in [1.82, 2.24) is 9.91 Å². The maximum atomic E-state index is 12.9. The molecule has 7 heteroatoms. The van der Waals surface area contributed by atoms with E-state index in [4.69, 9.17) is 9.47 Å². The van der Waals surface area contributed by atoms with Gasteiger partial charge in [-0.15, -0.1) is 0 Å². The summed E-state index contributed by atoms with van der Waals surface area (Å²) in [6, 6.07) is 19.6. The number of ether oxygens (including phenoxy) is 2. The monoisotopic (exact) mass is 380 g/mol. The predicted octanol–water partition coefficient (Wildman–Crippen LogP) is 3.75. The molecular weight excluding hydrogens is 356 g/mol. The topological polar surface area (TPSA) is 66.7 Å². The maximum absolute atomic E-state index is 12.9. The molecule has 1 amide bonds. The summed E-state index contributed by atoms with van der Waals surface area (Å²) in [4.78, 5) is 15.2. The van der Waals surface area contributed by atoms with Crippen LogP contribution in [0.1, 0.15) is 24.1 Å². The molecule has 2 aliphatic rings. The summed E-state index contributed by atoms with van der Waals surface area (Å²) in [5, 5.41) is 10.3. The number of hydrogen-bond acceptors (Lipinski definition) is 6. The van der Waals surface area contributed by atoms with Crippen LogP contribution in [0.3, 0.4) is 0 Å². The van der Waals surface area contributed by atoms with Gasteiger partial charge in [-0.2, -0.15) is 10.1 Å². The lowest BCUT2D eigenvalue weighted by Crippen LogP contribution is -2.61. The van der Waals surface area contributed by atoms with Gasteiger partial charge in [-0.25, -0.2) is 4.79 Å². The number of rotatable bonds is 4. The Balaban J connectivity index is 1.90. The number of carbonyl (C=O) groups excluding carboxylic acids is 1. The highest BCUT2D eigenvalue weighted by molar-refractivity contribution is 5.69. The smallest absolute Gasteiger partial charge is 0.434 e. The first-order valence-corrected chi connectivity index (χ1v) is 9.59. The number of amides is 1. The molecule has 2 aliphatic heterocycles. The van der Waals surface area contributed by atoms with Crippen molar-refractivity contribution >= 4 is 6.09 Å². The Hall–Kier alpha value is -2.77.